The van der Waals surface area contributed by atoms with Crippen molar-refractivity contribution < 1.29 is 14.3 Å². The van der Waals surface area contributed by atoms with Crippen LogP contribution in [-0.4, -0.2) is 46.5 Å². The predicted octanol–water partition coefficient (Wildman–Crippen LogP) is 2.86. The minimum Gasteiger partial charge on any atom is -0.452 e. The summed E-state index contributed by atoms with van der Waals surface area (Å²) in [5.41, 5.74) is 2.88. The van der Waals surface area contributed by atoms with Crippen LogP contribution in [0, 0.1) is 18.3 Å². The Balaban J connectivity index is 1.75. The minimum atomic E-state index is -0.587. The zero-order valence-electron chi connectivity index (χ0n) is 15.8. The summed E-state index contributed by atoms with van der Waals surface area (Å²) in [6.45, 7) is 1.84. The topological polar surface area (TPSA) is 88.2 Å². The molecule has 1 amide bonds. The zero-order chi connectivity index (χ0) is 20.1. The van der Waals surface area contributed by atoms with Gasteiger partial charge in [0.2, 0.25) is 0 Å². The van der Waals surface area contributed by atoms with E-state index < -0.39 is 5.97 Å². The molecule has 1 heterocycles. The maximum Gasteiger partial charge on any atom is 0.338 e. The first-order valence-electron chi connectivity index (χ1n) is 8.84. The summed E-state index contributed by atoms with van der Waals surface area (Å²) < 4.78 is 7.13. The Bertz CT molecular complexity index is 1050. The standard InChI is InChI=1S/C21H20N4O3/c1-15-23-18-13-16(21(27)28-14-20(26)24(2)12-6-11-22)9-10-19(18)25(15)17-7-4-3-5-8-17/h3-5,7-10,13H,6,12,14H2,1-2H3. The fourth-order valence-electron chi connectivity index (χ4n) is 2.89. The molecule has 0 radical (unpaired) electrons. The molecule has 7 heteroatoms. The average molecular weight is 376 g/mol. The molecule has 0 bridgehead atoms. The van der Waals surface area contributed by atoms with Crippen LogP contribution in [0.1, 0.15) is 22.6 Å². The van der Waals surface area contributed by atoms with Gasteiger partial charge in [0.25, 0.3) is 5.91 Å². The predicted molar refractivity (Wildman–Crippen MR) is 104 cm³/mol. The second kappa shape index (κ2) is 8.35. The second-order valence-electron chi connectivity index (χ2n) is 6.33. The van der Waals surface area contributed by atoms with Crippen LogP contribution in [0.25, 0.3) is 16.7 Å². The molecular formula is C21H20N4O3. The van der Waals surface area contributed by atoms with Gasteiger partial charge < -0.3 is 9.64 Å². The average Bonchev–Trinajstić information content (AvgIpc) is 3.05. The van der Waals surface area contributed by atoms with Gasteiger partial charge in [0.1, 0.15) is 5.82 Å². The van der Waals surface area contributed by atoms with E-state index >= 15 is 0 Å². The van der Waals surface area contributed by atoms with E-state index in [0.717, 1.165) is 17.0 Å². The summed E-state index contributed by atoms with van der Waals surface area (Å²) >= 11 is 0. The van der Waals surface area contributed by atoms with Crippen LogP contribution in [0.2, 0.25) is 0 Å². The van der Waals surface area contributed by atoms with Gasteiger partial charge in [-0.2, -0.15) is 5.26 Å². The maximum absolute atomic E-state index is 12.3. The number of carbonyl (C=O) groups excluding carboxylic acids is 2. The van der Waals surface area contributed by atoms with E-state index in [1.165, 1.54) is 4.90 Å². The lowest BCUT2D eigenvalue weighted by molar-refractivity contribution is -0.133. The number of aromatic nitrogens is 2. The summed E-state index contributed by atoms with van der Waals surface area (Å²) in [5.74, 6) is -0.134. The van der Waals surface area contributed by atoms with Crippen LogP contribution in [0.15, 0.2) is 48.5 Å². The number of aryl methyl sites for hydroxylation is 1. The molecule has 0 saturated heterocycles. The molecule has 0 aliphatic carbocycles. The van der Waals surface area contributed by atoms with Crippen LogP contribution in [-0.2, 0) is 9.53 Å². The summed E-state index contributed by atoms with van der Waals surface area (Å²) in [4.78, 5) is 30.1. The number of imidazole rings is 1. The number of nitriles is 1. The SMILES string of the molecule is Cc1nc2cc(C(=O)OCC(=O)N(C)CCC#N)ccc2n1-c1ccccc1. The number of carbonyl (C=O) groups is 2. The molecule has 0 fully saturated rings. The number of nitrogens with zero attached hydrogens (tertiary/aromatic N) is 4. The Kier molecular flexibility index (Phi) is 5.70. The highest BCUT2D eigenvalue weighted by Crippen LogP contribution is 2.22. The zero-order valence-corrected chi connectivity index (χ0v) is 15.8. The highest BCUT2D eigenvalue weighted by molar-refractivity contribution is 5.95. The number of fused-ring (bicyclic) bond motifs is 1. The van der Waals surface area contributed by atoms with Crippen molar-refractivity contribution in [3.8, 4) is 11.8 Å². The summed E-state index contributed by atoms with van der Waals surface area (Å²) in [6.07, 6.45) is 0.232. The van der Waals surface area contributed by atoms with Gasteiger partial charge in [-0.3, -0.25) is 9.36 Å². The van der Waals surface area contributed by atoms with E-state index in [1.807, 2.05) is 54.0 Å². The van der Waals surface area contributed by atoms with Crippen molar-refractivity contribution in [2.75, 3.05) is 20.2 Å². The third kappa shape index (κ3) is 4.01. The van der Waals surface area contributed by atoms with Crippen molar-refractivity contribution in [2.45, 2.75) is 13.3 Å². The van der Waals surface area contributed by atoms with E-state index in [1.54, 1.807) is 19.2 Å². The molecule has 0 saturated carbocycles. The quantitative estimate of drug-likeness (QED) is 0.617. The van der Waals surface area contributed by atoms with Crippen LogP contribution >= 0.6 is 0 Å². The Morgan fingerprint density at radius 1 is 1.21 bits per heavy atom. The summed E-state index contributed by atoms with van der Waals surface area (Å²) in [7, 11) is 1.57. The minimum absolute atomic E-state index is 0.232. The lowest BCUT2D eigenvalue weighted by atomic mass is 10.2. The number of amides is 1. The molecule has 0 N–H and O–H groups in total. The Morgan fingerprint density at radius 2 is 1.96 bits per heavy atom. The Morgan fingerprint density at radius 3 is 2.68 bits per heavy atom. The largest absolute Gasteiger partial charge is 0.452 e. The van der Waals surface area contributed by atoms with E-state index in [-0.39, 0.29) is 18.9 Å². The van der Waals surface area contributed by atoms with Crippen LogP contribution in [0.3, 0.4) is 0 Å². The van der Waals surface area contributed by atoms with Crippen molar-refractivity contribution in [1.29, 1.82) is 5.26 Å². The molecule has 0 spiro atoms. The number of hydrogen-bond donors (Lipinski definition) is 0. The molecule has 28 heavy (non-hydrogen) atoms. The fraction of sp³-hybridized carbons (Fsp3) is 0.238. The van der Waals surface area contributed by atoms with Crippen molar-refractivity contribution >= 4 is 22.9 Å². The smallest absolute Gasteiger partial charge is 0.338 e. The van der Waals surface area contributed by atoms with Gasteiger partial charge in [-0.1, -0.05) is 18.2 Å². The van der Waals surface area contributed by atoms with Gasteiger partial charge in [0, 0.05) is 19.3 Å². The molecule has 3 aromatic rings. The molecule has 0 atom stereocenters. The number of ether oxygens (including phenoxy) is 1. The molecule has 0 aliphatic rings. The molecule has 2 aromatic carbocycles. The van der Waals surface area contributed by atoms with Crippen LogP contribution in [0.4, 0.5) is 0 Å². The summed E-state index contributed by atoms with van der Waals surface area (Å²) in [5, 5.41) is 8.56. The lowest BCUT2D eigenvalue weighted by Gasteiger charge is -2.15. The highest BCUT2D eigenvalue weighted by atomic mass is 16.5. The fourth-order valence-corrected chi connectivity index (χ4v) is 2.89. The first-order valence-corrected chi connectivity index (χ1v) is 8.84. The highest BCUT2D eigenvalue weighted by Gasteiger charge is 2.16. The monoisotopic (exact) mass is 376 g/mol. The van der Waals surface area contributed by atoms with Gasteiger partial charge in [-0.25, -0.2) is 9.78 Å². The summed E-state index contributed by atoms with van der Waals surface area (Å²) in [6, 6.07) is 17.0. The lowest BCUT2D eigenvalue weighted by Crippen LogP contribution is -2.31. The van der Waals surface area contributed by atoms with Gasteiger partial charge in [-0.15, -0.1) is 0 Å². The van der Waals surface area contributed by atoms with E-state index in [2.05, 4.69) is 4.98 Å². The van der Waals surface area contributed by atoms with Crippen LogP contribution in [0.5, 0.6) is 0 Å². The van der Waals surface area contributed by atoms with E-state index in [0.29, 0.717) is 17.6 Å². The Hall–Kier alpha value is -3.66. The third-order valence-corrected chi connectivity index (χ3v) is 4.38. The number of rotatable bonds is 6. The molecule has 0 unspecified atom stereocenters. The first-order chi connectivity index (χ1) is 13.5. The molecule has 7 nitrogen and oxygen atoms in total. The molecule has 1 aromatic heterocycles. The maximum atomic E-state index is 12.3. The number of hydrogen-bond acceptors (Lipinski definition) is 5. The van der Waals surface area contributed by atoms with Gasteiger partial charge in [0.15, 0.2) is 6.61 Å². The normalized spacial score (nSPS) is 10.5. The van der Waals surface area contributed by atoms with Gasteiger partial charge in [0.05, 0.1) is 29.1 Å². The second-order valence-corrected chi connectivity index (χ2v) is 6.33. The van der Waals surface area contributed by atoms with Gasteiger partial charge >= 0.3 is 5.97 Å². The van der Waals surface area contributed by atoms with E-state index in [9.17, 15) is 9.59 Å². The molecule has 142 valence electrons. The number of benzene rings is 2. The molecule has 3 rings (SSSR count). The van der Waals surface area contributed by atoms with Gasteiger partial charge in [-0.05, 0) is 37.3 Å². The number of likely N-dealkylation sites (N-methyl/N-ethyl adjacent to an activating group) is 1. The third-order valence-electron chi connectivity index (χ3n) is 4.38. The van der Waals surface area contributed by atoms with Crippen molar-refractivity contribution in [3.63, 3.8) is 0 Å². The van der Waals surface area contributed by atoms with Crippen molar-refractivity contribution in [1.82, 2.24) is 14.5 Å². The Labute approximate surface area is 162 Å². The molecule has 0 aliphatic heterocycles. The number of esters is 1. The van der Waals surface area contributed by atoms with Crippen molar-refractivity contribution in [3.05, 3.63) is 59.9 Å². The van der Waals surface area contributed by atoms with Crippen LogP contribution < -0.4 is 0 Å². The number of para-hydroxylation sites is 1. The first kappa shape index (κ1) is 19.1. The van der Waals surface area contributed by atoms with Crippen molar-refractivity contribution in [2.24, 2.45) is 0 Å². The van der Waals surface area contributed by atoms with E-state index in [4.69, 9.17) is 10.00 Å². The molecular weight excluding hydrogens is 356 g/mol.